The third-order valence-electron chi connectivity index (χ3n) is 3.05. The van der Waals surface area contributed by atoms with Crippen molar-refractivity contribution in [3.63, 3.8) is 0 Å². The minimum Gasteiger partial charge on any atom is -0.392 e. The van der Waals surface area contributed by atoms with Gasteiger partial charge in [0, 0.05) is 13.0 Å². The fourth-order valence-corrected chi connectivity index (χ4v) is 1.87. The van der Waals surface area contributed by atoms with E-state index >= 15 is 0 Å². The van der Waals surface area contributed by atoms with E-state index in [9.17, 15) is 4.79 Å². The molecule has 4 N–H and O–H groups in total. The summed E-state index contributed by atoms with van der Waals surface area (Å²) in [5.74, 6) is 0.474. The van der Waals surface area contributed by atoms with E-state index in [0.717, 1.165) is 12.8 Å². The monoisotopic (exact) mass is 244 g/mol. The van der Waals surface area contributed by atoms with E-state index in [1.807, 2.05) is 0 Å². The maximum atomic E-state index is 11.5. The predicted octanol–water partition coefficient (Wildman–Crippen LogP) is 1.27. The Hall–Kier alpha value is -0.610. The summed E-state index contributed by atoms with van der Waals surface area (Å²) in [5.41, 5.74) is 5.78. The van der Waals surface area contributed by atoms with Gasteiger partial charge in [-0.2, -0.15) is 0 Å². The average molecular weight is 244 g/mol. The van der Waals surface area contributed by atoms with Crippen LogP contribution in [0.2, 0.25) is 0 Å². The molecule has 4 heteroatoms. The molecule has 2 atom stereocenters. The van der Waals surface area contributed by atoms with Gasteiger partial charge in [0.1, 0.15) is 0 Å². The lowest BCUT2D eigenvalue weighted by Gasteiger charge is -2.30. The Morgan fingerprint density at radius 1 is 1.35 bits per heavy atom. The van der Waals surface area contributed by atoms with Gasteiger partial charge in [0.15, 0.2) is 0 Å². The molecule has 0 aliphatic heterocycles. The molecule has 0 bridgehead atoms. The van der Waals surface area contributed by atoms with Crippen LogP contribution in [0, 0.1) is 11.3 Å². The average Bonchev–Trinajstić information content (AvgIpc) is 2.19. The van der Waals surface area contributed by atoms with Crippen molar-refractivity contribution in [3.05, 3.63) is 0 Å². The molecular formula is C13H28N2O2. The molecule has 0 spiro atoms. The van der Waals surface area contributed by atoms with Crippen LogP contribution in [0.5, 0.6) is 0 Å². The molecule has 0 aliphatic rings. The predicted molar refractivity (Wildman–Crippen MR) is 70.5 cm³/mol. The second kappa shape index (κ2) is 7.67. The van der Waals surface area contributed by atoms with Gasteiger partial charge < -0.3 is 16.2 Å². The molecule has 1 amide bonds. The maximum Gasteiger partial charge on any atom is 0.220 e. The number of nitrogens with one attached hydrogen (secondary N) is 1. The van der Waals surface area contributed by atoms with Crippen molar-refractivity contribution >= 4 is 5.91 Å². The van der Waals surface area contributed by atoms with E-state index in [0.29, 0.717) is 25.4 Å². The van der Waals surface area contributed by atoms with Crippen LogP contribution in [-0.2, 0) is 4.79 Å². The quantitative estimate of drug-likeness (QED) is 0.631. The van der Waals surface area contributed by atoms with Gasteiger partial charge in [0.05, 0.1) is 6.10 Å². The summed E-state index contributed by atoms with van der Waals surface area (Å²) in [6, 6.07) is 0. The van der Waals surface area contributed by atoms with Crippen molar-refractivity contribution in [2.75, 3.05) is 13.1 Å². The fraction of sp³-hybridized carbons (Fsp3) is 0.923. The summed E-state index contributed by atoms with van der Waals surface area (Å²) < 4.78 is 0. The molecule has 0 fully saturated rings. The third-order valence-corrected chi connectivity index (χ3v) is 3.05. The first-order chi connectivity index (χ1) is 7.77. The Labute approximate surface area is 105 Å². The van der Waals surface area contributed by atoms with Crippen molar-refractivity contribution in [1.82, 2.24) is 5.32 Å². The number of rotatable bonds is 7. The van der Waals surface area contributed by atoms with Crippen LogP contribution in [0.25, 0.3) is 0 Å². The summed E-state index contributed by atoms with van der Waals surface area (Å²) in [5, 5.41) is 11.8. The fourth-order valence-electron chi connectivity index (χ4n) is 1.87. The molecule has 0 aromatic rings. The first-order valence-corrected chi connectivity index (χ1v) is 6.42. The highest BCUT2D eigenvalue weighted by molar-refractivity contribution is 5.75. The van der Waals surface area contributed by atoms with E-state index in [4.69, 9.17) is 10.8 Å². The van der Waals surface area contributed by atoms with Gasteiger partial charge in [-0.25, -0.2) is 0 Å². The minimum absolute atomic E-state index is 0.0113. The van der Waals surface area contributed by atoms with E-state index in [2.05, 4.69) is 26.1 Å². The highest BCUT2D eigenvalue weighted by Gasteiger charge is 2.24. The van der Waals surface area contributed by atoms with Crippen LogP contribution in [0.1, 0.15) is 47.0 Å². The Morgan fingerprint density at radius 2 is 1.94 bits per heavy atom. The molecule has 0 aliphatic carbocycles. The lowest BCUT2D eigenvalue weighted by atomic mass is 9.76. The van der Waals surface area contributed by atoms with Crippen LogP contribution < -0.4 is 11.1 Å². The molecule has 0 aromatic heterocycles. The first kappa shape index (κ1) is 16.4. The zero-order valence-corrected chi connectivity index (χ0v) is 11.6. The van der Waals surface area contributed by atoms with Crippen molar-refractivity contribution in [1.29, 1.82) is 0 Å². The second-order valence-electron chi connectivity index (χ2n) is 5.83. The van der Waals surface area contributed by atoms with Crippen molar-refractivity contribution < 1.29 is 9.90 Å². The maximum absolute atomic E-state index is 11.5. The van der Waals surface area contributed by atoms with Gasteiger partial charge in [-0.3, -0.25) is 4.79 Å². The van der Waals surface area contributed by atoms with Gasteiger partial charge in [0.25, 0.3) is 0 Å². The number of carbonyl (C=O) groups is 1. The molecule has 102 valence electrons. The van der Waals surface area contributed by atoms with Crippen molar-refractivity contribution in [2.45, 2.75) is 53.1 Å². The number of amides is 1. The van der Waals surface area contributed by atoms with Gasteiger partial charge in [-0.1, -0.05) is 20.8 Å². The Bertz CT molecular complexity index is 222. The van der Waals surface area contributed by atoms with Crippen molar-refractivity contribution in [3.8, 4) is 0 Å². The largest absolute Gasteiger partial charge is 0.392 e. The summed E-state index contributed by atoms with van der Waals surface area (Å²) in [6.07, 6.45) is 1.83. The third kappa shape index (κ3) is 8.16. The number of hydrogen-bond donors (Lipinski definition) is 3. The minimum atomic E-state index is -0.485. The lowest BCUT2D eigenvalue weighted by Crippen LogP contribution is -2.32. The summed E-state index contributed by atoms with van der Waals surface area (Å²) in [6.45, 7) is 9.20. The Kier molecular flexibility index (Phi) is 7.39. The Balaban J connectivity index is 4.00. The standard InChI is InChI=1S/C13H28N2O2/c1-10(16)9-15-12(17)6-5-11(7-8-14)13(2,3)4/h10-11,16H,5-9,14H2,1-4H3,(H,15,17)/t10-,11?/m0/s1. The number of aliphatic hydroxyl groups is 1. The summed E-state index contributed by atoms with van der Waals surface area (Å²) >= 11 is 0. The zero-order chi connectivity index (χ0) is 13.5. The SMILES string of the molecule is C[C@H](O)CNC(=O)CCC(CCN)C(C)(C)C. The molecule has 0 heterocycles. The number of hydrogen-bond acceptors (Lipinski definition) is 3. The van der Waals surface area contributed by atoms with Gasteiger partial charge in [-0.05, 0) is 37.6 Å². The molecule has 0 aromatic carbocycles. The topological polar surface area (TPSA) is 75.3 Å². The van der Waals surface area contributed by atoms with Crippen LogP contribution in [0.15, 0.2) is 0 Å². The van der Waals surface area contributed by atoms with Gasteiger partial charge in [-0.15, -0.1) is 0 Å². The highest BCUT2D eigenvalue weighted by atomic mass is 16.3. The Morgan fingerprint density at radius 3 is 2.35 bits per heavy atom. The molecule has 1 unspecified atom stereocenters. The first-order valence-electron chi connectivity index (χ1n) is 6.42. The molecule has 0 radical (unpaired) electrons. The van der Waals surface area contributed by atoms with Crippen LogP contribution in [0.4, 0.5) is 0 Å². The smallest absolute Gasteiger partial charge is 0.220 e. The van der Waals surface area contributed by atoms with Gasteiger partial charge >= 0.3 is 0 Å². The van der Waals surface area contributed by atoms with Crippen LogP contribution >= 0.6 is 0 Å². The molecule has 17 heavy (non-hydrogen) atoms. The number of nitrogens with two attached hydrogens (primary N) is 1. The molecule has 0 saturated heterocycles. The summed E-state index contributed by atoms with van der Waals surface area (Å²) in [7, 11) is 0. The second-order valence-corrected chi connectivity index (χ2v) is 5.83. The van der Waals surface area contributed by atoms with E-state index in [1.165, 1.54) is 0 Å². The number of aliphatic hydroxyl groups excluding tert-OH is 1. The van der Waals surface area contributed by atoms with Crippen molar-refractivity contribution in [2.24, 2.45) is 17.1 Å². The highest BCUT2D eigenvalue weighted by Crippen LogP contribution is 2.31. The van der Waals surface area contributed by atoms with Crippen LogP contribution in [-0.4, -0.2) is 30.2 Å². The zero-order valence-electron chi connectivity index (χ0n) is 11.6. The van der Waals surface area contributed by atoms with E-state index in [-0.39, 0.29) is 11.3 Å². The number of carbonyl (C=O) groups excluding carboxylic acids is 1. The van der Waals surface area contributed by atoms with E-state index < -0.39 is 6.10 Å². The van der Waals surface area contributed by atoms with Crippen LogP contribution in [0.3, 0.4) is 0 Å². The molecule has 4 nitrogen and oxygen atoms in total. The normalized spacial score (nSPS) is 15.4. The molecule has 0 rings (SSSR count). The van der Waals surface area contributed by atoms with Gasteiger partial charge in [0.2, 0.25) is 5.91 Å². The molecule has 0 saturated carbocycles. The summed E-state index contributed by atoms with van der Waals surface area (Å²) in [4.78, 5) is 11.5. The molecular weight excluding hydrogens is 216 g/mol. The lowest BCUT2D eigenvalue weighted by molar-refractivity contribution is -0.122. The van der Waals surface area contributed by atoms with E-state index in [1.54, 1.807) is 6.92 Å².